The maximum atomic E-state index is 13.2. The van der Waals surface area contributed by atoms with E-state index in [-0.39, 0.29) is 17.8 Å². The molecule has 6 heteroatoms. The summed E-state index contributed by atoms with van der Waals surface area (Å²) in [6, 6.07) is 5.68. The number of hydrogen-bond acceptors (Lipinski definition) is 5. The van der Waals surface area contributed by atoms with E-state index in [1.165, 1.54) is 68.6 Å². The van der Waals surface area contributed by atoms with E-state index < -0.39 is 18.4 Å². The quantitative estimate of drug-likeness (QED) is 0.214. The molecule has 2 aromatic rings. The molecule has 0 saturated carbocycles. The molecule has 0 aliphatic carbocycles. The molecule has 0 amide bonds. The van der Waals surface area contributed by atoms with E-state index in [0.717, 1.165) is 5.75 Å². The van der Waals surface area contributed by atoms with Crippen LogP contribution in [0.3, 0.4) is 0 Å². The SMILES string of the molecule is CCC[CH2][Sn]([CH2]CCC)([CH2]CCC)[c]1ccc2oc(CCC(=O)OC)cc(=O)c2c1OC. The topological polar surface area (TPSA) is 65.7 Å². The molecule has 2 rings (SSSR count). The van der Waals surface area contributed by atoms with E-state index >= 15 is 0 Å². The molecule has 5 nitrogen and oxygen atoms in total. The van der Waals surface area contributed by atoms with Crippen molar-refractivity contribution in [3.8, 4) is 5.75 Å². The van der Waals surface area contributed by atoms with E-state index in [9.17, 15) is 9.59 Å². The number of carbonyl (C=O) groups is 1. The van der Waals surface area contributed by atoms with Gasteiger partial charge in [0.05, 0.1) is 0 Å². The first-order valence-electron chi connectivity index (χ1n) is 12.2. The molecule has 0 spiro atoms. The molecule has 0 radical (unpaired) electrons. The number of benzene rings is 1. The predicted octanol–water partition coefficient (Wildman–Crippen LogP) is 5.96. The molecule has 0 fully saturated rings. The van der Waals surface area contributed by atoms with Crippen molar-refractivity contribution in [2.75, 3.05) is 14.2 Å². The van der Waals surface area contributed by atoms with Crippen LogP contribution >= 0.6 is 0 Å². The molecule has 0 aliphatic rings. The third-order valence-corrected chi connectivity index (χ3v) is 22.1. The molecule has 0 unspecified atom stereocenters. The first kappa shape index (κ1) is 26.7. The molecule has 0 N–H and O–H groups in total. The molecule has 0 atom stereocenters. The Hall–Kier alpha value is -1.50. The monoisotopic (exact) mass is 552 g/mol. The van der Waals surface area contributed by atoms with Crippen LogP contribution in [0.2, 0.25) is 13.3 Å². The number of ether oxygens (including phenoxy) is 2. The zero-order valence-electron chi connectivity index (χ0n) is 20.6. The van der Waals surface area contributed by atoms with E-state index in [1.54, 1.807) is 7.11 Å². The molecule has 0 aliphatic heterocycles. The summed E-state index contributed by atoms with van der Waals surface area (Å²) in [6.45, 7) is 6.79. The van der Waals surface area contributed by atoms with Gasteiger partial charge in [0, 0.05) is 0 Å². The Kier molecular flexibility index (Phi) is 11.1. The van der Waals surface area contributed by atoms with Crippen molar-refractivity contribution in [1.29, 1.82) is 0 Å². The van der Waals surface area contributed by atoms with Gasteiger partial charge in [-0.3, -0.25) is 0 Å². The fourth-order valence-electron chi connectivity index (χ4n) is 4.68. The summed E-state index contributed by atoms with van der Waals surface area (Å²) < 4.78 is 21.9. The second kappa shape index (κ2) is 13.3. The van der Waals surface area contributed by atoms with E-state index in [1.807, 2.05) is 6.07 Å². The molecule has 1 aromatic heterocycles. The number of hydrogen-bond donors (Lipinski definition) is 0. The van der Waals surface area contributed by atoms with Crippen LogP contribution in [-0.2, 0) is 16.0 Å². The number of rotatable bonds is 14. The summed E-state index contributed by atoms with van der Waals surface area (Å²) >= 11 is -2.80. The van der Waals surface area contributed by atoms with Gasteiger partial charge in [-0.25, -0.2) is 0 Å². The first-order valence-corrected chi connectivity index (χ1v) is 19.6. The van der Waals surface area contributed by atoms with E-state index in [2.05, 4.69) is 26.8 Å². The fourth-order valence-corrected chi connectivity index (χ4v) is 21.2. The summed E-state index contributed by atoms with van der Waals surface area (Å²) in [5.74, 6) is 0.928. The number of methoxy groups -OCH3 is 2. The number of aryl methyl sites for hydroxylation is 1. The Labute approximate surface area is 196 Å². The Morgan fingerprint density at radius 1 is 0.969 bits per heavy atom. The van der Waals surface area contributed by atoms with Crippen molar-refractivity contribution < 1.29 is 18.7 Å². The number of fused-ring (bicyclic) bond motifs is 1. The van der Waals surface area contributed by atoms with Crippen molar-refractivity contribution in [2.24, 2.45) is 0 Å². The molecular weight excluding hydrogens is 511 g/mol. The summed E-state index contributed by atoms with van der Waals surface area (Å²) in [5, 5.41) is 0.553. The third kappa shape index (κ3) is 6.52. The van der Waals surface area contributed by atoms with Crippen LogP contribution in [0.4, 0.5) is 0 Å². The van der Waals surface area contributed by atoms with E-state index in [4.69, 9.17) is 13.9 Å². The summed E-state index contributed by atoms with van der Waals surface area (Å²) in [6.07, 6.45) is 7.83. The summed E-state index contributed by atoms with van der Waals surface area (Å²) in [7, 11) is 3.04. The number of carbonyl (C=O) groups excluding carboxylic acids is 1. The van der Waals surface area contributed by atoms with Crippen molar-refractivity contribution in [2.45, 2.75) is 85.4 Å². The molecule has 1 aromatic carbocycles. The van der Waals surface area contributed by atoms with Crippen molar-refractivity contribution in [3.63, 3.8) is 0 Å². The Balaban J connectivity index is 2.62. The molecule has 32 heavy (non-hydrogen) atoms. The zero-order valence-corrected chi connectivity index (χ0v) is 23.4. The molecule has 0 bridgehead atoms. The van der Waals surface area contributed by atoms with Crippen LogP contribution in [0.1, 0.15) is 71.5 Å². The minimum atomic E-state index is -2.80. The summed E-state index contributed by atoms with van der Waals surface area (Å²) in [4.78, 5) is 24.7. The normalized spacial score (nSPS) is 11.7. The van der Waals surface area contributed by atoms with Gasteiger partial charge in [-0.2, -0.15) is 0 Å². The predicted molar refractivity (Wildman–Crippen MR) is 134 cm³/mol. The van der Waals surface area contributed by atoms with E-state index in [0.29, 0.717) is 23.2 Å². The average molecular weight is 551 g/mol. The van der Waals surface area contributed by atoms with Gasteiger partial charge < -0.3 is 0 Å². The molecule has 1 heterocycles. The number of unbranched alkanes of at least 4 members (excludes halogenated alkanes) is 3. The maximum absolute atomic E-state index is 13.2. The second-order valence-corrected chi connectivity index (χ2v) is 21.9. The van der Waals surface area contributed by atoms with Gasteiger partial charge in [0.25, 0.3) is 0 Å². The Morgan fingerprint density at radius 3 is 2.06 bits per heavy atom. The van der Waals surface area contributed by atoms with Crippen molar-refractivity contribution in [3.05, 3.63) is 34.2 Å². The molecule has 178 valence electrons. The zero-order chi connectivity index (χ0) is 23.6. The first-order chi connectivity index (χ1) is 15.5. The van der Waals surface area contributed by atoms with Crippen LogP contribution in [0.25, 0.3) is 11.0 Å². The Morgan fingerprint density at radius 2 is 1.56 bits per heavy atom. The van der Waals surface area contributed by atoms with Gasteiger partial charge >= 0.3 is 197 Å². The van der Waals surface area contributed by atoms with Crippen LogP contribution in [0.5, 0.6) is 5.75 Å². The second-order valence-electron chi connectivity index (χ2n) is 8.76. The summed E-state index contributed by atoms with van der Waals surface area (Å²) in [5.41, 5.74) is 0.450. The van der Waals surface area contributed by atoms with Gasteiger partial charge in [0.15, 0.2) is 0 Å². The van der Waals surface area contributed by atoms with Crippen LogP contribution in [-0.4, -0.2) is 38.6 Å². The van der Waals surface area contributed by atoms with Gasteiger partial charge in [0.2, 0.25) is 0 Å². The molecule has 0 saturated heterocycles. The van der Waals surface area contributed by atoms with Crippen molar-refractivity contribution >= 4 is 38.9 Å². The van der Waals surface area contributed by atoms with Gasteiger partial charge in [-0.05, 0) is 0 Å². The van der Waals surface area contributed by atoms with Crippen LogP contribution < -0.4 is 13.7 Å². The molecular formula is C26H40O5Sn. The van der Waals surface area contributed by atoms with Crippen molar-refractivity contribution in [1.82, 2.24) is 0 Å². The third-order valence-electron chi connectivity index (χ3n) is 6.50. The average Bonchev–Trinajstić information content (AvgIpc) is 2.81. The standard InChI is InChI=1S/C14H13O5.3C4H9.Sn/c1-17-11-4-3-5-12-14(11)10(15)8-9(19-12)6-7-13(16)18-2;3*1-3-4-2;/h3,5,8H,6-7H2,1-2H3;3*1,3-4H2,2H3;. The van der Waals surface area contributed by atoms with Gasteiger partial charge in [0.1, 0.15) is 0 Å². The Bertz CT molecular complexity index is 912. The fraction of sp³-hybridized carbons (Fsp3) is 0.615. The van der Waals surface area contributed by atoms with Gasteiger partial charge in [-0.15, -0.1) is 0 Å². The van der Waals surface area contributed by atoms with Gasteiger partial charge in [-0.1, -0.05) is 0 Å². The van der Waals surface area contributed by atoms with Crippen LogP contribution in [0, 0.1) is 0 Å². The number of esters is 1. The van der Waals surface area contributed by atoms with Crippen LogP contribution in [0.15, 0.2) is 27.4 Å². The minimum absolute atomic E-state index is 0.0912.